The van der Waals surface area contributed by atoms with Crippen molar-refractivity contribution in [2.45, 2.75) is 107 Å². The van der Waals surface area contributed by atoms with Gasteiger partial charge in [0.1, 0.15) is 24.8 Å². The van der Waals surface area contributed by atoms with Crippen LogP contribution in [0.1, 0.15) is 108 Å². The van der Waals surface area contributed by atoms with Crippen LogP contribution in [-0.2, 0) is 60.1 Å². The summed E-state index contributed by atoms with van der Waals surface area (Å²) >= 11 is 1.46. The molecule has 22 heteroatoms. The van der Waals surface area contributed by atoms with E-state index in [0.717, 1.165) is 80.4 Å². The van der Waals surface area contributed by atoms with Crippen molar-refractivity contribution in [1.82, 2.24) is 34.4 Å². The number of nitrogens with one attached hydrogen (secondary N) is 1. The van der Waals surface area contributed by atoms with E-state index in [1.54, 1.807) is 23.9 Å². The van der Waals surface area contributed by atoms with E-state index < -0.39 is 58.5 Å². The number of halogens is 7. The Morgan fingerprint density at radius 2 is 1.43 bits per heavy atom. The van der Waals surface area contributed by atoms with Gasteiger partial charge in [0.25, 0.3) is 5.91 Å². The van der Waals surface area contributed by atoms with E-state index in [2.05, 4.69) is 38.7 Å². The first-order valence-electron chi connectivity index (χ1n) is 28.0. The molecule has 3 aromatic carbocycles. The molecule has 3 saturated heterocycles. The fraction of sp³-hybridized carbons (Fsp3) is 0.559. The highest BCUT2D eigenvalue weighted by molar-refractivity contribution is 7.13. The molecule has 0 saturated carbocycles. The number of hydrogen-bond acceptors (Lipinski definition) is 11. The Labute approximate surface area is 473 Å². The largest absolute Gasteiger partial charge is 0.416 e. The van der Waals surface area contributed by atoms with Gasteiger partial charge in [-0.05, 0) is 137 Å². The fourth-order valence-electron chi connectivity index (χ4n) is 11.5. The number of likely N-dealkylation sites (N-methyl/N-ethyl adjacent to an activating group) is 3. The van der Waals surface area contributed by atoms with Crippen molar-refractivity contribution in [2.24, 2.45) is 0 Å². The van der Waals surface area contributed by atoms with Crippen molar-refractivity contribution in [3.8, 4) is 0 Å². The number of anilines is 1. The minimum Gasteiger partial charge on any atom is -0.367 e. The SMILES string of the molecule is CN(CCN1CC[CH]CC1)C(=O)CCCCCNc1nc(CC(=O)N(C)CCCN(C)C(=O)CO[C@H]2Cc3ccccc3C23CCN(CC[C@@]2(c4ccc(F)cc4)CN(C(=O)c4cc(C(F)(F)F)cc(C(F)(F)F)c4)CO2)CC3)cs1. The molecule has 3 aliphatic heterocycles. The van der Waals surface area contributed by atoms with E-state index in [0.29, 0.717) is 88.2 Å². The van der Waals surface area contributed by atoms with Gasteiger partial charge < -0.3 is 44.2 Å². The quantitative estimate of drug-likeness (QED) is 0.0535. The number of ether oxygens (including phenoxy) is 2. The average molecular weight is 1160 g/mol. The summed E-state index contributed by atoms with van der Waals surface area (Å²) in [6.45, 7) is 6.32. The number of rotatable bonds is 24. The molecule has 14 nitrogen and oxygen atoms in total. The zero-order valence-corrected chi connectivity index (χ0v) is 47.2. The lowest BCUT2D eigenvalue weighted by Gasteiger charge is -2.44. The Hall–Kier alpha value is -5.68. The predicted octanol–water partition coefficient (Wildman–Crippen LogP) is 9.29. The highest BCUT2D eigenvalue weighted by Gasteiger charge is 2.50. The van der Waals surface area contributed by atoms with Crippen LogP contribution in [0.15, 0.2) is 72.1 Å². The third kappa shape index (κ3) is 15.9. The summed E-state index contributed by atoms with van der Waals surface area (Å²) in [6, 6.07) is 14.4. The molecule has 3 fully saturated rings. The molecule has 4 heterocycles. The van der Waals surface area contributed by atoms with E-state index in [9.17, 15) is 49.9 Å². The number of benzene rings is 3. The first kappa shape index (κ1) is 61.4. The number of aromatic nitrogens is 1. The molecule has 2 atom stereocenters. The number of alkyl halides is 6. The van der Waals surface area contributed by atoms with Gasteiger partial charge in [-0.15, -0.1) is 11.3 Å². The molecule has 4 aliphatic rings. The Kier molecular flexibility index (Phi) is 20.6. The van der Waals surface area contributed by atoms with Crippen molar-refractivity contribution in [1.29, 1.82) is 0 Å². The van der Waals surface area contributed by atoms with E-state index in [-0.39, 0.29) is 55.9 Å². The Balaban J connectivity index is 0.767. The van der Waals surface area contributed by atoms with Gasteiger partial charge in [-0.1, -0.05) is 42.8 Å². The summed E-state index contributed by atoms with van der Waals surface area (Å²) in [5.41, 5.74) is -2.13. The second-order valence-electron chi connectivity index (χ2n) is 22.0. The van der Waals surface area contributed by atoms with Gasteiger partial charge in [0, 0.05) is 83.2 Å². The summed E-state index contributed by atoms with van der Waals surface area (Å²) in [6.07, 6.45) is 0.184. The molecule has 1 radical (unpaired) electrons. The smallest absolute Gasteiger partial charge is 0.367 e. The number of thiazole rings is 1. The Morgan fingerprint density at radius 3 is 2.12 bits per heavy atom. The van der Waals surface area contributed by atoms with Crippen molar-refractivity contribution in [3.63, 3.8) is 0 Å². The summed E-state index contributed by atoms with van der Waals surface area (Å²) in [7, 11) is 5.36. The van der Waals surface area contributed by atoms with Crippen molar-refractivity contribution in [2.75, 3.05) is 112 Å². The molecule has 4 aromatic rings. The third-order valence-electron chi connectivity index (χ3n) is 16.5. The maximum Gasteiger partial charge on any atom is 0.416 e. The highest BCUT2D eigenvalue weighted by atomic mass is 32.1. The van der Waals surface area contributed by atoms with E-state index in [1.165, 1.54) is 41.2 Å². The van der Waals surface area contributed by atoms with E-state index in [1.807, 2.05) is 29.5 Å². The monoisotopic (exact) mass is 1160 g/mol. The normalized spacial score (nSPS) is 19.4. The lowest BCUT2D eigenvalue weighted by atomic mass is 9.72. The Bertz CT molecular complexity index is 2740. The van der Waals surface area contributed by atoms with Gasteiger partial charge in [-0.25, -0.2) is 9.37 Å². The molecule has 4 amide bonds. The topological polar surface area (TPSA) is 131 Å². The maximum atomic E-state index is 14.2. The maximum absolute atomic E-state index is 14.2. The molecule has 441 valence electrons. The van der Waals surface area contributed by atoms with E-state index in [4.69, 9.17) is 9.47 Å². The van der Waals surface area contributed by atoms with Crippen LogP contribution in [0.3, 0.4) is 0 Å². The minimum atomic E-state index is -5.14. The first-order chi connectivity index (χ1) is 38.6. The number of unbranched alkanes of at least 4 members (excludes halogenated alkanes) is 2. The molecule has 0 bridgehead atoms. The lowest BCUT2D eigenvalue weighted by Crippen LogP contribution is -2.50. The van der Waals surface area contributed by atoms with E-state index >= 15 is 0 Å². The highest BCUT2D eigenvalue weighted by Crippen LogP contribution is 2.48. The van der Waals surface area contributed by atoms with Crippen LogP contribution in [0.2, 0.25) is 0 Å². The number of likely N-dealkylation sites (tertiary alicyclic amines) is 2. The molecule has 1 N–H and O–H groups in total. The van der Waals surface area contributed by atoms with Crippen LogP contribution in [0.25, 0.3) is 0 Å². The summed E-state index contributed by atoms with van der Waals surface area (Å²) in [5.74, 6) is -1.66. The van der Waals surface area contributed by atoms with Gasteiger partial charge in [0.15, 0.2) is 5.13 Å². The van der Waals surface area contributed by atoms with Gasteiger partial charge in [0.05, 0.1) is 35.9 Å². The zero-order chi connectivity index (χ0) is 58.0. The van der Waals surface area contributed by atoms with Gasteiger partial charge in [-0.2, -0.15) is 26.3 Å². The number of hydrogen-bond donors (Lipinski definition) is 1. The number of carbonyl (C=O) groups excluding carboxylic acids is 4. The van der Waals surface area contributed by atoms with Crippen LogP contribution in [-0.4, -0.2) is 171 Å². The van der Waals surface area contributed by atoms with Gasteiger partial charge >= 0.3 is 12.4 Å². The van der Waals surface area contributed by atoms with Gasteiger partial charge in [-0.3, -0.25) is 19.2 Å². The predicted molar refractivity (Wildman–Crippen MR) is 294 cm³/mol. The number of piperidine rings is 2. The van der Waals surface area contributed by atoms with Crippen LogP contribution >= 0.6 is 11.3 Å². The number of amides is 4. The minimum absolute atomic E-state index is 0.0264. The molecule has 8 rings (SSSR count). The molecule has 1 aromatic heterocycles. The van der Waals surface area contributed by atoms with Crippen LogP contribution < -0.4 is 5.32 Å². The van der Waals surface area contributed by atoms with Crippen molar-refractivity contribution < 1.29 is 59.4 Å². The number of fused-ring (bicyclic) bond motifs is 2. The number of carbonyl (C=O) groups is 4. The molecule has 81 heavy (non-hydrogen) atoms. The zero-order valence-electron chi connectivity index (χ0n) is 46.4. The molecule has 0 unspecified atom stereocenters. The molecular weight excluding hydrogens is 1080 g/mol. The van der Waals surface area contributed by atoms with Crippen LogP contribution in [0.5, 0.6) is 0 Å². The Morgan fingerprint density at radius 1 is 0.778 bits per heavy atom. The van der Waals surface area contributed by atoms with Crippen LogP contribution in [0, 0.1) is 12.2 Å². The molecule has 1 spiro atoms. The lowest BCUT2D eigenvalue weighted by molar-refractivity contribution is -0.143. The van der Waals surface area contributed by atoms with Gasteiger partial charge in [0.2, 0.25) is 17.7 Å². The fourth-order valence-corrected chi connectivity index (χ4v) is 12.3. The molecular formula is C59H74F7N8O6S. The summed E-state index contributed by atoms with van der Waals surface area (Å²) in [5, 5.41) is 5.99. The number of nitrogens with zero attached hydrogens (tertiary/aromatic N) is 7. The summed E-state index contributed by atoms with van der Waals surface area (Å²) in [4.78, 5) is 68.5. The summed E-state index contributed by atoms with van der Waals surface area (Å²) < 4.78 is 109. The first-order valence-corrected chi connectivity index (χ1v) is 28.9. The molecule has 1 aliphatic carbocycles. The van der Waals surface area contributed by atoms with Crippen molar-refractivity contribution >= 4 is 40.1 Å². The second kappa shape index (κ2) is 27.1. The average Bonchev–Trinajstić information content (AvgIpc) is 4.19. The third-order valence-corrected chi connectivity index (χ3v) is 17.4. The standard InChI is InChI=1S/C59H74F7N8O6S/c1-69(52(76)37-48-39-81-55(68-48)67-23-9-4-6-15-51(75)71(3)31-32-72-26-10-5-11-27-72)24-12-25-70(2)53(77)38-79-50-35-42-13-7-8-14-49(42)56(50)20-28-73(29-21-56)30-22-57(44-16-18-47(60)19-17-44)40-74(41-80-57)54(78)43-33-45(58(61,62)63)36-46(34-43)59(64,65)66/h5,7-8,13-14,16-19,33-34,36,39,50H,4,6,9-12,15,20-32,35,37-38,40-41H2,1-3H3,(H,67,68)/t50-,57-/m0/s1. The van der Waals surface area contributed by atoms with Crippen LogP contribution in [0.4, 0.5) is 35.9 Å². The van der Waals surface area contributed by atoms with Crippen molar-refractivity contribution in [3.05, 3.63) is 123 Å². The second-order valence-corrected chi connectivity index (χ2v) is 22.9.